The maximum absolute atomic E-state index is 13.4. The number of hydrogen-bond acceptors (Lipinski definition) is 4. The van der Waals surface area contributed by atoms with E-state index < -0.39 is 0 Å². The molecule has 0 bridgehead atoms. The average molecular weight is 551 g/mol. The van der Waals surface area contributed by atoms with Crippen LogP contribution in [0.1, 0.15) is 51.4 Å². The standard InChI is InChI=1S/C36H26N2O2S/c1-36(2)27-12-6-8-14-29(27)38(30-15-9-7-13-28(30)36)33-20-31-32(41-33)19-23(37(31)3)18-26-34(39)24-16-21-10-4-5-11-22(21)17-25(24)35(26)40/h4-20H,1-3H3. The molecule has 3 heterocycles. The number of ketones is 2. The van der Waals surface area contributed by atoms with Gasteiger partial charge in [0.25, 0.3) is 0 Å². The number of rotatable bonds is 2. The van der Waals surface area contributed by atoms with Gasteiger partial charge < -0.3 is 9.47 Å². The van der Waals surface area contributed by atoms with Crippen LogP contribution in [-0.2, 0) is 12.5 Å². The molecule has 1 aliphatic carbocycles. The third kappa shape index (κ3) is 3.33. The van der Waals surface area contributed by atoms with Gasteiger partial charge in [-0.25, -0.2) is 0 Å². The molecule has 0 fully saturated rings. The molecule has 6 aromatic rings. The molecule has 4 nitrogen and oxygen atoms in total. The fraction of sp³-hybridized carbons (Fsp3) is 0.111. The molecule has 41 heavy (non-hydrogen) atoms. The van der Waals surface area contributed by atoms with E-state index in [4.69, 9.17) is 0 Å². The van der Waals surface area contributed by atoms with Crippen molar-refractivity contribution in [3.8, 4) is 0 Å². The Balaban J connectivity index is 1.22. The summed E-state index contributed by atoms with van der Waals surface area (Å²) in [6.45, 7) is 4.58. The van der Waals surface area contributed by atoms with Gasteiger partial charge in [0.05, 0.1) is 27.2 Å². The van der Waals surface area contributed by atoms with Crippen molar-refractivity contribution in [3.63, 3.8) is 0 Å². The summed E-state index contributed by atoms with van der Waals surface area (Å²) in [5.74, 6) is -0.407. The second-order valence-corrected chi connectivity index (χ2v) is 12.5. The predicted molar refractivity (Wildman–Crippen MR) is 168 cm³/mol. The summed E-state index contributed by atoms with van der Waals surface area (Å²) in [6.07, 6.45) is 1.76. The third-order valence-electron chi connectivity index (χ3n) is 8.77. The molecule has 0 N–H and O–H groups in total. The molecule has 1 aliphatic heterocycles. The quantitative estimate of drug-likeness (QED) is 0.160. The molecule has 0 spiro atoms. The lowest BCUT2D eigenvalue weighted by Gasteiger charge is -2.41. The summed E-state index contributed by atoms with van der Waals surface area (Å²) in [5, 5.41) is 3.06. The molecule has 0 saturated carbocycles. The number of benzene rings is 4. The van der Waals surface area contributed by atoms with Gasteiger partial charge in [0.2, 0.25) is 0 Å². The average Bonchev–Trinajstić information content (AvgIpc) is 3.59. The molecule has 0 atom stereocenters. The summed E-state index contributed by atoms with van der Waals surface area (Å²) >= 11 is 1.72. The number of carbonyl (C=O) groups excluding carboxylic acids is 2. The highest BCUT2D eigenvalue weighted by atomic mass is 32.1. The van der Waals surface area contributed by atoms with E-state index in [1.165, 1.54) is 22.5 Å². The number of nitrogens with zero attached hydrogens (tertiary/aromatic N) is 2. The fourth-order valence-corrected chi connectivity index (χ4v) is 7.73. The zero-order chi connectivity index (χ0) is 28.0. The van der Waals surface area contributed by atoms with Crippen molar-refractivity contribution in [1.82, 2.24) is 4.57 Å². The van der Waals surface area contributed by atoms with Gasteiger partial charge in [0.1, 0.15) is 5.00 Å². The Morgan fingerprint density at radius 3 is 1.80 bits per heavy atom. The van der Waals surface area contributed by atoms with E-state index in [2.05, 4.69) is 84.0 Å². The molecule has 0 unspecified atom stereocenters. The van der Waals surface area contributed by atoms with E-state index in [0.29, 0.717) is 11.1 Å². The van der Waals surface area contributed by atoms with Crippen LogP contribution in [0.25, 0.3) is 27.1 Å². The summed E-state index contributed by atoms with van der Waals surface area (Å²) in [7, 11) is 2.00. The Hall–Kier alpha value is -4.74. The highest BCUT2D eigenvalue weighted by Crippen LogP contribution is 2.53. The number of para-hydroxylation sites is 2. The zero-order valence-electron chi connectivity index (χ0n) is 22.9. The Kier molecular flexibility index (Phi) is 4.93. The minimum Gasteiger partial charge on any atom is -0.343 e. The maximum Gasteiger partial charge on any atom is 0.197 e. The van der Waals surface area contributed by atoms with E-state index in [-0.39, 0.29) is 22.6 Å². The number of carbonyl (C=O) groups is 2. The normalized spacial score (nSPS) is 15.4. The molecule has 4 aromatic carbocycles. The van der Waals surface area contributed by atoms with Gasteiger partial charge in [0.15, 0.2) is 11.6 Å². The van der Waals surface area contributed by atoms with E-state index in [1.807, 2.05) is 43.4 Å². The molecular formula is C36H26N2O2S. The second-order valence-electron chi connectivity index (χ2n) is 11.4. The molecule has 0 amide bonds. The van der Waals surface area contributed by atoms with Crippen LogP contribution in [0.3, 0.4) is 0 Å². The van der Waals surface area contributed by atoms with Crippen LogP contribution in [0.15, 0.2) is 103 Å². The molecule has 8 rings (SSSR count). The number of thiophene rings is 1. The van der Waals surface area contributed by atoms with Gasteiger partial charge in [-0.3, -0.25) is 9.59 Å². The molecule has 198 valence electrons. The molecule has 5 heteroatoms. The minimum absolute atomic E-state index is 0.108. The second kappa shape index (κ2) is 8.38. The lowest BCUT2D eigenvalue weighted by atomic mass is 9.74. The van der Waals surface area contributed by atoms with Gasteiger partial charge in [0, 0.05) is 29.3 Å². The van der Waals surface area contributed by atoms with Crippen molar-refractivity contribution in [2.24, 2.45) is 7.05 Å². The summed E-state index contributed by atoms with van der Waals surface area (Å²) in [6, 6.07) is 33.1. The lowest BCUT2D eigenvalue weighted by Crippen LogP contribution is -2.30. The van der Waals surface area contributed by atoms with E-state index in [9.17, 15) is 9.59 Å². The Bertz CT molecular complexity index is 2040. The van der Waals surface area contributed by atoms with Crippen LogP contribution in [0, 0.1) is 0 Å². The first-order chi connectivity index (χ1) is 19.8. The van der Waals surface area contributed by atoms with Crippen molar-refractivity contribution in [2.45, 2.75) is 19.3 Å². The number of hydrogen-bond donors (Lipinski definition) is 0. The lowest BCUT2D eigenvalue weighted by molar-refractivity contribution is 0.0990. The van der Waals surface area contributed by atoms with Crippen molar-refractivity contribution >= 4 is 66.3 Å². The molecule has 2 aromatic heterocycles. The van der Waals surface area contributed by atoms with Crippen LogP contribution in [-0.4, -0.2) is 16.1 Å². The van der Waals surface area contributed by atoms with Gasteiger partial charge >= 0.3 is 0 Å². The number of anilines is 3. The number of aryl methyl sites for hydroxylation is 1. The smallest absolute Gasteiger partial charge is 0.197 e. The van der Waals surface area contributed by atoms with Crippen molar-refractivity contribution < 1.29 is 9.59 Å². The van der Waals surface area contributed by atoms with Crippen LogP contribution in [0.2, 0.25) is 0 Å². The number of fused-ring (bicyclic) bond motifs is 5. The Labute approximate surface area is 241 Å². The van der Waals surface area contributed by atoms with Crippen LogP contribution in [0.4, 0.5) is 16.4 Å². The zero-order valence-corrected chi connectivity index (χ0v) is 23.8. The van der Waals surface area contributed by atoms with E-state index in [0.717, 1.165) is 31.7 Å². The first-order valence-corrected chi connectivity index (χ1v) is 14.6. The molecule has 0 saturated heterocycles. The number of allylic oxidation sites excluding steroid dienone is 1. The van der Waals surface area contributed by atoms with Crippen molar-refractivity contribution in [2.75, 3.05) is 4.90 Å². The van der Waals surface area contributed by atoms with Crippen LogP contribution < -0.4 is 4.90 Å². The first-order valence-electron chi connectivity index (χ1n) is 13.8. The van der Waals surface area contributed by atoms with Gasteiger partial charge in [-0.05, 0) is 64.4 Å². The summed E-state index contributed by atoms with van der Waals surface area (Å²) in [4.78, 5) is 29.1. The highest BCUT2D eigenvalue weighted by Gasteiger charge is 2.37. The van der Waals surface area contributed by atoms with Crippen molar-refractivity contribution in [1.29, 1.82) is 0 Å². The fourth-order valence-electron chi connectivity index (χ4n) is 6.56. The Morgan fingerprint density at radius 1 is 0.707 bits per heavy atom. The Morgan fingerprint density at radius 2 is 1.24 bits per heavy atom. The molecular weight excluding hydrogens is 524 g/mol. The highest BCUT2D eigenvalue weighted by molar-refractivity contribution is 7.23. The van der Waals surface area contributed by atoms with Crippen LogP contribution in [0.5, 0.6) is 0 Å². The largest absolute Gasteiger partial charge is 0.343 e. The van der Waals surface area contributed by atoms with Crippen LogP contribution >= 0.6 is 11.3 Å². The predicted octanol–water partition coefficient (Wildman–Crippen LogP) is 8.96. The van der Waals surface area contributed by atoms with Gasteiger partial charge in [-0.15, -0.1) is 11.3 Å². The SMILES string of the molecule is Cn1c(C=C2C(=O)c3cc4ccccc4cc3C2=O)cc2sc(N3c4ccccc4C(C)(C)c4ccccc43)cc21. The van der Waals surface area contributed by atoms with E-state index >= 15 is 0 Å². The minimum atomic E-state index is -0.204. The monoisotopic (exact) mass is 550 g/mol. The third-order valence-corrected chi connectivity index (χ3v) is 9.82. The van der Waals surface area contributed by atoms with Crippen molar-refractivity contribution in [3.05, 3.63) is 131 Å². The van der Waals surface area contributed by atoms with Gasteiger partial charge in [-0.2, -0.15) is 0 Å². The molecule has 0 radical (unpaired) electrons. The summed E-state index contributed by atoms with van der Waals surface area (Å²) < 4.78 is 3.18. The van der Waals surface area contributed by atoms with Gasteiger partial charge in [-0.1, -0.05) is 74.5 Å². The molecule has 2 aliphatic rings. The first kappa shape index (κ1) is 24.1. The summed E-state index contributed by atoms with van der Waals surface area (Å²) in [5.41, 5.74) is 7.99. The maximum atomic E-state index is 13.4. The number of Topliss-reactive ketones (excluding diaryl/α,β-unsaturated/α-hetero) is 2. The topological polar surface area (TPSA) is 42.3 Å². The number of aromatic nitrogens is 1. The van der Waals surface area contributed by atoms with E-state index in [1.54, 1.807) is 17.4 Å².